The van der Waals surface area contributed by atoms with Crippen molar-refractivity contribution in [3.05, 3.63) is 18.6 Å². The fourth-order valence-corrected chi connectivity index (χ4v) is 5.24. The number of rotatable bonds is 3. The largest absolute Gasteiger partial charge is 0.387 e. The van der Waals surface area contributed by atoms with Crippen molar-refractivity contribution < 1.29 is 14.9 Å². The zero-order valence-corrected chi connectivity index (χ0v) is 15.9. The van der Waals surface area contributed by atoms with Gasteiger partial charge in [0.1, 0.15) is 36.1 Å². The average Bonchev–Trinajstić information content (AvgIpc) is 3.37. The number of fused-ring (bicyclic) bond motifs is 1. The van der Waals surface area contributed by atoms with E-state index in [1.54, 1.807) is 10.8 Å². The van der Waals surface area contributed by atoms with Crippen LogP contribution in [0.2, 0.25) is 0 Å². The van der Waals surface area contributed by atoms with E-state index in [4.69, 9.17) is 10.5 Å². The molecule has 0 radical (unpaired) electrons. The number of nitrogens with zero attached hydrogens (tertiary/aromatic N) is 4. The number of aliphatic hydroxyl groups excluding tert-OH is 2. The van der Waals surface area contributed by atoms with Crippen molar-refractivity contribution in [3.8, 4) is 0 Å². The summed E-state index contributed by atoms with van der Waals surface area (Å²) < 4.78 is 7.91. The molecule has 3 aliphatic heterocycles. The van der Waals surface area contributed by atoms with Crippen LogP contribution in [-0.2, 0) is 4.74 Å². The van der Waals surface area contributed by atoms with E-state index in [-0.39, 0.29) is 5.54 Å². The zero-order valence-electron chi connectivity index (χ0n) is 15.9. The van der Waals surface area contributed by atoms with Crippen LogP contribution in [0.3, 0.4) is 0 Å². The third-order valence-electron chi connectivity index (χ3n) is 6.74. The Balaban J connectivity index is 1.37. The SMILES string of the molecule is Nc1ncnc2c1ccn2C1O[C@H](CN2CCCC23CCCNC3)[C@@H](O)[C@H]1O. The maximum Gasteiger partial charge on any atom is 0.164 e. The Morgan fingerprint density at radius 2 is 2.11 bits per heavy atom. The van der Waals surface area contributed by atoms with Crippen molar-refractivity contribution >= 4 is 16.9 Å². The summed E-state index contributed by atoms with van der Waals surface area (Å²) in [6.07, 6.45) is 4.73. The second-order valence-electron chi connectivity index (χ2n) is 8.32. The van der Waals surface area contributed by atoms with E-state index in [2.05, 4.69) is 20.2 Å². The molecule has 1 spiro atoms. The number of aromatic nitrogens is 3. The van der Waals surface area contributed by atoms with Gasteiger partial charge < -0.3 is 30.6 Å². The van der Waals surface area contributed by atoms with Gasteiger partial charge in [-0.1, -0.05) is 0 Å². The molecule has 5 N–H and O–H groups in total. The molecular formula is C19H28N6O3. The first-order chi connectivity index (χ1) is 13.6. The summed E-state index contributed by atoms with van der Waals surface area (Å²) in [5.74, 6) is 0.386. The van der Waals surface area contributed by atoms with Crippen molar-refractivity contribution in [2.75, 3.05) is 31.9 Å². The van der Waals surface area contributed by atoms with E-state index < -0.39 is 24.5 Å². The first-order valence-electron chi connectivity index (χ1n) is 10.1. The Morgan fingerprint density at radius 3 is 2.93 bits per heavy atom. The van der Waals surface area contributed by atoms with E-state index in [1.807, 2.05) is 6.07 Å². The van der Waals surface area contributed by atoms with Crippen molar-refractivity contribution in [2.45, 2.75) is 55.8 Å². The molecule has 0 amide bonds. The molecule has 2 aromatic heterocycles. The number of hydrogen-bond donors (Lipinski definition) is 4. The smallest absolute Gasteiger partial charge is 0.164 e. The standard InChI is InChI=1S/C19H28N6O3/c20-16-12-3-8-25(17(12)23-11-22-16)18-15(27)14(26)13(28-18)9-24-7-2-5-19(24)4-1-6-21-10-19/h3,8,11,13-15,18,21,26-27H,1-2,4-7,9-10H2,(H2,20,22,23)/t13-,14-,15-,18?,19?/m1/s1. The molecule has 2 unspecified atom stereocenters. The monoisotopic (exact) mass is 388 g/mol. The molecule has 9 nitrogen and oxygen atoms in total. The lowest BCUT2D eigenvalue weighted by atomic mass is 9.87. The molecule has 0 aromatic carbocycles. The maximum absolute atomic E-state index is 10.7. The number of likely N-dealkylation sites (tertiary alicyclic amines) is 1. The van der Waals surface area contributed by atoms with Crippen LogP contribution in [0.5, 0.6) is 0 Å². The fraction of sp³-hybridized carbons (Fsp3) is 0.684. The molecule has 5 heterocycles. The molecule has 5 atom stereocenters. The Morgan fingerprint density at radius 1 is 1.25 bits per heavy atom. The van der Waals surface area contributed by atoms with Gasteiger partial charge in [0.15, 0.2) is 6.23 Å². The maximum atomic E-state index is 10.7. The van der Waals surface area contributed by atoms with E-state index in [9.17, 15) is 10.2 Å². The third-order valence-corrected chi connectivity index (χ3v) is 6.74. The number of aliphatic hydroxyl groups is 2. The summed E-state index contributed by atoms with van der Waals surface area (Å²) in [5, 5.41) is 25.7. The van der Waals surface area contributed by atoms with Gasteiger partial charge in [-0.3, -0.25) is 4.90 Å². The highest BCUT2D eigenvalue weighted by Crippen LogP contribution is 2.38. The minimum atomic E-state index is -1.03. The number of nitrogen functional groups attached to an aromatic ring is 1. The summed E-state index contributed by atoms with van der Waals surface area (Å²) in [7, 11) is 0. The lowest BCUT2D eigenvalue weighted by molar-refractivity contribution is -0.0535. The Labute approximate surface area is 163 Å². The van der Waals surface area contributed by atoms with E-state index >= 15 is 0 Å². The van der Waals surface area contributed by atoms with Gasteiger partial charge in [-0.05, 0) is 44.8 Å². The highest BCUT2D eigenvalue weighted by Gasteiger charge is 2.48. The van der Waals surface area contributed by atoms with Crippen molar-refractivity contribution in [1.82, 2.24) is 24.8 Å². The van der Waals surface area contributed by atoms with E-state index in [1.165, 1.54) is 25.6 Å². The van der Waals surface area contributed by atoms with Crippen LogP contribution in [0.1, 0.15) is 31.9 Å². The van der Waals surface area contributed by atoms with Crippen LogP contribution < -0.4 is 11.1 Å². The van der Waals surface area contributed by atoms with Crippen LogP contribution in [0.4, 0.5) is 5.82 Å². The lowest BCUT2D eigenvalue weighted by Gasteiger charge is -2.43. The van der Waals surface area contributed by atoms with Gasteiger partial charge >= 0.3 is 0 Å². The highest BCUT2D eigenvalue weighted by atomic mass is 16.6. The number of nitrogens with two attached hydrogens (primary N) is 1. The Bertz CT molecular complexity index is 851. The number of nitrogens with one attached hydrogen (secondary N) is 1. The van der Waals surface area contributed by atoms with Crippen LogP contribution in [-0.4, -0.2) is 79.7 Å². The topological polar surface area (TPSA) is 122 Å². The van der Waals surface area contributed by atoms with Gasteiger partial charge in [0.2, 0.25) is 0 Å². The number of piperidine rings is 1. The van der Waals surface area contributed by atoms with Crippen LogP contribution in [0.15, 0.2) is 18.6 Å². The van der Waals surface area contributed by atoms with Gasteiger partial charge in [0.25, 0.3) is 0 Å². The molecule has 28 heavy (non-hydrogen) atoms. The quantitative estimate of drug-likeness (QED) is 0.573. The lowest BCUT2D eigenvalue weighted by Crippen LogP contribution is -2.56. The molecule has 0 bridgehead atoms. The van der Waals surface area contributed by atoms with Gasteiger partial charge in [-0.2, -0.15) is 0 Å². The Hall–Kier alpha value is -1.78. The minimum Gasteiger partial charge on any atom is -0.387 e. The van der Waals surface area contributed by atoms with Crippen molar-refractivity contribution in [2.24, 2.45) is 0 Å². The normalized spacial score (nSPS) is 36.6. The first kappa shape index (κ1) is 18.3. The average molecular weight is 388 g/mol. The molecule has 3 fully saturated rings. The second-order valence-corrected chi connectivity index (χ2v) is 8.32. The molecular weight excluding hydrogens is 360 g/mol. The second kappa shape index (κ2) is 6.93. The zero-order chi connectivity index (χ0) is 19.3. The number of anilines is 1. The Kier molecular flexibility index (Phi) is 4.52. The van der Waals surface area contributed by atoms with Crippen molar-refractivity contribution in [1.29, 1.82) is 0 Å². The van der Waals surface area contributed by atoms with Crippen LogP contribution in [0, 0.1) is 0 Å². The van der Waals surface area contributed by atoms with Gasteiger partial charge in [0, 0.05) is 24.8 Å². The van der Waals surface area contributed by atoms with E-state index in [0.29, 0.717) is 23.4 Å². The fourth-order valence-electron chi connectivity index (χ4n) is 5.24. The highest BCUT2D eigenvalue weighted by molar-refractivity contribution is 5.86. The van der Waals surface area contributed by atoms with Crippen LogP contribution >= 0.6 is 0 Å². The molecule has 9 heteroatoms. The summed E-state index contributed by atoms with van der Waals surface area (Å²) in [5.41, 5.74) is 6.67. The minimum absolute atomic E-state index is 0.159. The van der Waals surface area contributed by atoms with Gasteiger partial charge in [-0.25, -0.2) is 9.97 Å². The van der Waals surface area contributed by atoms with Gasteiger partial charge in [0.05, 0.1) is 5.39 Å². The molecule has 5 rings (SSSR count). The molecule has 0 aliphatic carbocycles. The van der Waals surface area contributed by atoms with Crippen LogP contribution in [0.25, 0.3) is 11.0 Å². The third kappa shape index (κ3) is 2.81. The summed E-state index contributed by atoms with van der Waals surface area (Å²) in [6, 6.07) is 1.81. The number of ether oxygens (including phenoxy) is 1. The van der Waals surface area contributed by atoms with Gasteiger partial charge in [-0.15, -0.1) is 0 Å². The first-order valence-corrected chi connectivity index (χ1v) is 10.1. The predicted octanol–water partition coefficient (Wildman–Crippen LogP) is -0.149. The molecule has 3 saturated heterocycles. The molecule has 0 saturated carbocycles. The molecule has 2 aromatic rings. The van der Waals surface area contributed by atoms with Crippen molar-refractivity contribution in [3.63, 3.8) is 0 Å². The summed E-state index contributed by atoms with van der Waals surface area (Å²) >= 11 is 0. The van der Waals surface area contributed by atoms with E-state index in [0.717, 1.165) is 26.1 Å². The number of hydrogen-bond acceptors (Lipinski definition) is 8. The summed E-state index contributed by atoms with van der Waals surface area (Å²) in [6.45, 7) is 3.68. The summed E-state index contributed by atoms with van der Waals surface area (Å²) in [4.78, 5) is 10.7. The molecule has 3 aliphatic rings. The predicted molar refractivity (Wildman–Crippen MR) is 104 cm³/mol. The molecule has 152 valence electrons.